The minimum atomic E-state index is -0.633. The number of benzene rings is 2. The summed E-state index contributed by atoms with van der Waals surface area (Å²) >= 11 is 5.87. The molecule has 1 atom stereocenters. The van der Waals surface area contributed by atoms with Crippen molar-refractivity contribution in [2.75, 3.05) is 41.8 Å². The maximum Gasteiger partial charge on any atom is 0.319 e. The summed E-state index contributed by atoms with van der Waals surface area (Å²) < 4.78 is 5.39. The summed E-state index contributed by atoms with van der Waals surface area (Å²) in [6, 6.07) is 13.5. The van der Waals surface area contributed by atoms with Crippen LogP contribution in [0.1, 0.15) is 26.2 Å². The molecule has 0 bridgehead atoms. The molecule has 3 amide bonds. The second-order valence-electron chi connectivity index (χ2n) is 7.44. The van der Waals surface area contributed by atoms with Gasteiger partial charge in [-0.25, -0.2) is 4.79 Å². The lowest BCUT2D eigenvalue weighted by Crippen LogP contribution is -2.45. The molecule has 2 aromatic carbocycles. The Morgan fingerprint density at radius 3 is 2.26 bits per heavy atom. The van der Waals surface area contributed by atoms with Crippen LogP contribution in [0.2, 0.25) is 5.02 Å². The van der Waals surface area contributed by atoms with Crippen LogP contribution >= 0.6 is 11.6 Å². The normalized spacial score (nSPS) is 14.6. The average molecular weight is 445 g/mol. The van der Waals surface area contributed by atoms with E-state index in [1.54, 1.807) is 24.3 Å². The minimum Gasteiger partial charge on any atom is -0.378 e. The molecule has 3 rings (SSSR count). The van der Waals surface area contributed by atoms with Crippen LogP contribution in [0.4, 0.5) is 21.9 Å². The Labute approximate surface area is 188 Å². The summed E-state index contributed by atoms with van der Waals surface area (Å²) in [6.07, 6.45) is 2.32. The Morgan fingerprint density at radius 2 is 1.61 bits per heavy atom. The van der Waals surface area contributed by atoms with Gasteiger partial charge in [0.05, 0.1) is 13.2 Å². The number of unbranched alkanes of at least 4 members (excludes halogenated alkanes) is 1. The van der Waals surface area contributed by atoms with Gasteiger partial charge >= 0.3 is 6.03 Å². The smallest absolute Gasteiger partial charge is 0.319 e. The summed E-state index contributed by atoms with van der Waals surface area (Å²) in [4.78, 5) is 27.5. The fourth-order valence-electron chi connectivity index (χ4n) is 3.34. The highest BCUT2D eigenvalue weighted by atomic mass is 35.5. The third-order valence-corrected chi connectivity index (χ3v) is 5.33. The predicted octanol–water partition coefficient (Wildman–Crippen LogP) is 4.50. The van der Waals surface area contributed by atoms with E-state index in [0.29, 0.717) is 22.8 Å². The molecular weight excluding hydrogens is 416 g/mol. The summed E-state index contributed by atoms with van der Waals surface area (Å²) in [5.41, 5.74) is 2.41. The number of nitrogens with one attached hydrogen (secondary N) is 3. The van der Waals surface area contributed by atoms with Crippen LogP contribution in [0.25, 0.3) is 0 Å². The van der Waals surface area contributed by atoms with E-state index in [2.05, 4.69) is 20.9 Å². The van der Waals surface area contributed by atoms with Gasteiger partial charge in [0, 0.05) is 35.2 Å². The maximum atomic E-state index is 12.8. The number of morpholine rings is 1. The van der Waals surface area contributed by atoms with Crippen LogP contribution in [0, 0.1) is 0 Å². The number of ether oxygens (including phenoxy) is 1. The van der Waals surface area contributed by atoms with Gasteiger partial charge in [0.2, 0.25) is 5.91 Å². The molecule has 0 saturated carbocycles. The van der Waals surface area contributed by atoms with Crippen molar-refractivity contribution in [3.8, 4) is 0 Å². The van der Waals surface area contributed by atoms with Crippen molar-refractivity contribution >= 4 is 40.6 Å². The van der Waals surface area contributed by atoms with Gasteiger partial charge in [0.1, 0.15) is 6.04 Å². The molecular formula is C23H29ClN4O3. The monoisotopic (exact) mass is 444 g/mol. The summed E-state index contributed by atoms with van der Waals surface area (Å²) in [5, 5.41) is 9.02. The van der Waals surface area contributed by atoms with Crippen molar-refractivity contribution < 1.29 is 14.3 Å². The van der Waals surface area contributed by atoms with Crippen molar-refractivity contribution in [2.45, 2.75) is 32.2 Å². The van der Waals surface area contributed by atoms with Gasteiger partial charge in [0.25, 0.3) is 0 Å². The van der Waals surface area contributed by atoms with E-state index in [-0.39, 0.29) is 5.91 Å². The molecule has 1 unspecified atom stereocenters. The molecule has 8 heteroatoms. The van der Waals surface area contributed by atoms with Gasteiger partial charge in [-0.05, 0) is 55.0 Å². The first-order chi connectivity index (χ1) is 15.0. The molecule has 2 aromatic rings. The lowest BCUT2D eigenvalue weighted by Gasteiger charge is -2.29. The van der Waals surface area contributed by atoms with E-state index in [1.807, 2.05) is 31.2 Å². The Kier molecular flexibility index (Phi) is 8.55. The lowest BCUT2D eigenvalue weighted by atomic mass is 10.1. The van der Waals surface area contributed by atoms with Crippen LogP contribution in [0.3, 0.4) is 0 Å². The maximum absolute atomic E-state index is 12.8. The molecule has 1 heterocycles. The van der Waals surface area contributed by atoms with E-state index in [9.17, 15) is 9.59 Å². The molecule has 0 aromatic heterocycles. The van der Waals surface area contributed by atoms with Gasteiger partial charge in [-0.2, -0.15) is 0 Å². The topological polar surface area (TPSA) is 82.7 Å². The second kappa shape index (κ2) is 11.6. The van der Waals surface area contributed by atoms with Crippen molar-refractivity contribution in [2.24, 2.45) is 0 Å². The molecule has 0 spiro atoms. The first-order valence-corrected chi connectivity index (χ1v) is 11.0. The van der Waals surface area contributed by atoms with Gasteiger partial charge in [-0.1, -0.05) is 31.4 Å². The number of halogens is 1. The van der Waals surface area contributed by atoms with Gasteiger partial charge in [-0.3, -0.25) is 4.79 Å². The molecule has 1 saturated heterocycles. The second-order valence-corrected chi connectivity index (χ2v) is 7.87. The Morgan fingerprint density at radius 1 is 1.00 bits per heavy atom. The van der Waals surface area contributed by atoms with Crippen molar-refractivity contribution in [1.29, 1.82) is 0 Å². The number of carbonyl (C=O) groups excluding carboxylic acids is 2. The van der Waals surface area contributed by atoms with Crippen LogP contribution in [-0.4, -0.2) is 44.3 Å². The van der Waals surface area contributed by atoms with E-state index in [4.69, 9.17) is 16.3 Å². The fraction of sp³-hybridized carbons (Fsp3) is 0.391. The number of anilines is 3. The quantitative estimate of drug-likeness (QED) is 0.560. The molecule has 1 aliphatic rings. The Bertz CT molecular complexity index is 852. The third kappa shape index (κ3) is 7.15. The zero-order valence-electron chi connectivity index (χ0n) is 17.7. The van der Waals surface area contributed by atoms with Crippen LogP contribution in [-0.2, 0) is 9.53 Å². The molecule has 7 nitrogen and oxygen atoms in total. The van der Waals surface area contributed by atoms with E-state index in [1.165, 1.54) is 0 Å². The predicted molar refractivity (Wildman–Crippen MR) is 125 cm³/mol. The third-order valence-electron chi connectivity index (χ3n) is 5.08. The molecule has 1 aliphatic heterocycles. The number of nitrogens with zero attached hydrogens (tertiary/aromatic N) is 1. The molecule has 1 fully saturated rings. The minimum absolute atomic E-state index is 0.237. The van der Waals surface area contributed by atoms with Gasteiger partial charge in [-0.15, -0.1) is 0 Å². The van der Waals surface area contributed by atoms with E-state index < -0.39 is 12.1 Å². The summed E-state index contributed by atoms with van der Waals surface area (Å²) in [7, 11) is 0. The van der Waals surface area contributed by atoms with Crippen molar-refractivity contribution in [1.82, 2.24) is 5.32 Å². The van der Waals surface area contributed by atoms with Crippen molar-refractivity contribution in [3.05, 3.63) is 53.6 Å². The number of hydrogen-bond acceptors (Lipinski definition) is 4. The Balaban J connectivity index is 1.58. The van der Waals surface area contributed by atoms with E-state index in [0.717, 1.165) is 44.8 Å². The van der Waals surface area contributed by atoms with Crippen LogP contribution in [0.15, 0.2) is 48.5 Å². The van der Waals surface area contributed by atoms with Crippen molar-refractivity contribution in [3.63, 3.8) is 0 Å². The number of amides is 3. The Hall–Kier alpha value is -2.77. The van der Waals surface area contributed by atoms with Gasteiger partial charge in [0.15, 0.2) is 0 Å². The summed E-state index contributed by atoms with van der Waals surface area (Å²) in [6.45, 7) is 5.21. The lowest BCUT2D eigenvalue weighted by molar-refractivity contribution is -0.118. The highest BCUT2D eigenvalue weighted by Crippen LogP contribution is 2.19. The largest absolute Gasteiger partial charge is 0.378 e. The molecule has 0 aliphatic carbocycles. The average Bonchev–Trinajstić information content (AvgIpc) is 2.79. The standard InChI is InChI=1S/C23H29ClN4O3/c1-2-3-4-21(27-23(30)26-19-7-5-17(24)6-8-19)22(29)25-18-9-11-20(12-10-18)28-13-15-31-16-14-28/h5-12,21H,2-4,13-16H2,1H3,(H,25,29)(H2,26,27,30). The molecule has 166 valence electrons. The molecule has 31 heavy (non-hydrogen) atoms. The van der Waals surface area contributed by atoms with E-state index >= 15 is 0 Å². The fourth-order valence-corrected chi connectivity index (χ4v) is 3.47. The SMILES string of the molecule is CCCCC(NC(=O)Nc1ccc(Cl)cc1)C(=O)Nc1ccc(N2CCOCC2)cc1. The zero-order valence-corrected chi connectivity index (χ0v) is 18.5. The number of rotatable bonds is 8. The summed E-state index contributed by atoms with van der Waals surface area (Å²) in [5.74, 6) is -0.237. The first-order valence-electron chi connectivity index (χ1n) is 10.6. The highest BCUT2D eigenvalue weighted by molar-refractivity contribution is 6.30. The first kappa shape index (κ1) is 22.9. The van der Waals surface area contributed by atoms with Crippen LogP contribution in [0.5, 0.6) is 0 Å². The zero-order chi connectivity index (χ0) is 22.1. The number of urea groups is 1. The molecule has 0 radical (unpaired) electrons. The van der Waals surface area contributed by atoms with Crippen LogP contribution < -0.4 is 20.9 Å². The number of hydrogen-bond donors (Lipinski definition) is 3. The molecule has 3 N–H and O–H groups in total. The number of carbonyl (C=O) groups is 2. The van der Waals surface area contributed by atoms with Gasteiger partial charge < -0.3 is 25.6 Å². The highest BCUT2D eigenvalue weighted by Gasteiger charge is 2.21.